The number of nitrogens with two attached hydrogens (primary N) is 1. The van der Waals surface area contributed by atoms with Crippen LogP contribution in [0.2, 0.25) is 0 Å². The van der Waals surface area contributed by atoms with Gasteiger partial charge in [-0.05, 0) is 35.0 Å². The predicted molar refractivity (Wildman–Crippen MR) is 188 cm³/mol. The molecule has 3 aliphatic heterocycles. The number of benzene rings is 1. The Morgan fingerprint density at radius 1 is 1.09 bits per heavy atom. The number of imide groups is 1. The second-order valence-electron chi connectivity index (χ2n) is 12.1. The maximum Gasteiger partial charge on any atom is 1.00 e. The van der Waals surface area contributed by atoms with E-state index >= 15 is 0 Å². The molecule has 1 unspecified atom stereocenters. The van der Waals surface area contributed by atoms with Crippen LogP contribution < -0.4 is 65.8 Å². The summed E-state index contributed by atoms with van der Waals surface area (Å²) in [5.41, 5.74) is 1.67. The van der Waals surface area contributed by atoms with Gasteiger partial charge in [0.05, 0.1) is 16.5 Å². The molecule has 5 N–H and O–H groups in total. The molecule has 3 aliphatic rings. The Balaban J connectivity index is 0.00000744. The van der Waals surface area contributed by atoms with Crippen molar-refractivity contribution in [3.63, 3.8) is 0 Å². The van der Waals surface area contributed by atoms with E-state index in [1.54, 1.807) is 6.92 Å². The summed E-state index contributed by atoms with van der Waals surface area (Å²) in [6.07, 6.45) is 0.0500. The smallest absolute Gasteiger partial charge is 0.543 e. The van der Waals surface area contributed by atoms with E-state index in [-0.39, 0.29) is 88.9 Å². The number of carboxylic acid groups (broad SMARTS) is 1. The fourth-order valence-corrected chi connectivity index (χ4v) is 7.81. The van der Waals surface area contributed by atoms with Gasteiger partial charge in [-0.15, -0.1) is 16.9 Å². The molecule has 2 fully saturated rings. The minimum absolute atomic E-state index is 0. The van der Waals surface area contributed by atoms with Crippen molar-refractivity contribution in [2.24, 2.45) is 5.73 Å². The number of hydrogen-bond acceptors (Lipinski definition) is 18. The Morgan fingerprint density at radius 2 is 1.76 bits per heavy atom. The number of urea groups is 1. The summed E-state index contributed by atoms with van der Waals surface area (Å²) in [7, 11) is 0. The number of aliphatic carboxylic acids is 1. The van der Waals surface area contributed by atoms with Crippen LogP contribution in [0.4, 0.5) is 4.79 Å². The van der Waals surface area contributed by atoms with E-state index < -0.39 is 88.5 Å². The standard InChI is InChI=1S/C31H31N11O13S2.Na/c1-4-39-7-8-40(26(49)25(39)48)30(53)34-20(15-5-6-17(54-13(2)44)18(9-15)55-14(3)45)24(47)35-31(33-12-43)28(52)42-21(27(50)51)16(11-57-29(31)42)22(56)23-36-37-38-41(23)10-19(32)46;/h5-6,9,12,20,29H,4,7-8,10-11H2,1-3H3,(H2,32,46)(H,33,43)(H,34,53)(H,35,47)(H,50,51);/q;+1/p-1/t20?,29-,31+;/m0./s1. The van der Waals surface area contributed by atoms with Crippen LogP contribution in [0.1, 0.15) is 38.2 Å². The van der Waals surface area contributed by atoms with E-state index in [9.17, 15) is 53.1 Å². The van der Waals surface area contributed by atoms with Crippen molar-refractivity contribution in [2.45, 2.75) is 44.4 Å². The molecule has 2 aromatic rings. The predicted octanol–water partition coefficient (Wildman–Crippen LogP) is -7.65. The quantitative estimate of drug-likeness (QED) is 0.0158. The summed E-state index contributed by atoms with van der Waals surface area (Å²) in [5.74, 6) is -10.3. The molecular weight excluding hydrogens is 822 g/mol. The monoisotopic (exact) mass is 851 g/mol. The summed E-state index contributed by atoms with van der Waals surface area (Å²) < 4.78 is 11.1. The van der Waals surface area contributed by atoms with Gasteiger partial charge in [0.2, 0.25) is 23.9 Å². The van der Waals surface area contributed by atoms with Crippen molar-refractivity contribution < 1.29 is 92.1 Å². The number of carboxylic acids is 1. The van der Waals surface area contributed by atoms with Crippen LogP contribution in [0.25, 0.3) is 0 Å². The molecule has 0 spiro atoms. The van der Waals surface area contributed by atoms with E-state index in [4.69, 9.17) is 27.4 Å². The summed E-state index contributed by atoms with van der Waals surface area (Å²) in [5, 5.41) is 28.8. The Kier molecular flexibility index (Phi) is 14.1. The fourth-order valence-electron chi connectivity index (χ4n) is 5.97. The molecule has 27 heteroatoms. The van der Waals surface area contributed by atoms with Crippen molar-refractivity contribution in [3.05, 3.63) is 40.9 Å². The third-order valence-electron chi connectivity index (χ3n) is 8.46. The fraction of sp³-hybridized carbons (Fsp3) is 0.355. The van der Waals surface area contributed by atoms with E-state index in [1.807, 2.05) is 0 Å². The average molecular weight is 852 g/mol. The van der Waals surface area contributed by atoms with Crippen molar-refractivity contribution in [3.8, 4) is 11.5 Å². The van der Waals surface area contributed by atoms with Crippen LogP contribution in [0.5, 0.6) is 11.5 Å². The number of esters is 2. The molecule has 2 saturated heterocycles. The van der Waals surface area contributed by atoms with Crippen molar-refractivity contribution in [1.29, 1.82) is 0 Å². The molecule has 0 saturated carbocycles. The van der Waals surface area contributed by atoms with Gasteiger partial charge in [0.25, 0.3) is 5.91 Å². The number of aromatic nitrogens is 4. The number of likely N-dealkylation sites (N-methyl/N-ethyl adjacent to an activating group) is 1. The molecule has 300 valence electrons. The second kappa shape index (κ2) is 18.2. The molecule has 4 heterocycles. The molecule has 1 aromatic heterocycles. The zero-order chi connectivity index (χ0) is 41.9. The minimum Gasteiger partial charge on any atom is -0.543 e. The van der Waals surface area contributed by atoms with E-state index in [1.165, 1.54) is 4.90 Å². The maximum atomic E-state index is 14.3. The third kappa shape index (κ3) is 8.69. The van der Waals surface area contributed by atoms with E-state index in [0.717, 1.165) is 48.5 Å². The van der Waals surface area contributed by atoms with Gasteiger partial charge in [-0.25, -0.2) is 9.48 Å². The van der Waals surface area contributed by atoms with Gasteiger partial charge in [0, 0.05) is 44.8 Å². The van der Waals surface area contributed by atoms with Crippen LogP contribution >= 0.6 is 24.0 Å². The van der Waals surface area contributed by atoms with Gasteiger partial charge < -0.3 is 46.0 Å². The summed E-state index contributed by atoms with van der Waals surface area (Å²) in [4.78, 5) is 129. The van der Waals surface area contributed by atoms with Crippen LogP contribution in [-0.4, -0.2) is 136 Å². The van der Waals surface area contributed by atoms with Crippen LogP contribution in [0.3, 0.4) is 0 Å². The van der Waals surface area contributed by atoms with Crippen LogP contribution in [-0.2, 0) is 49.7 Å². The third-order valence-corrected chi connectivity index (χ3v) is 10.2. The molecule has 24 nitrogen and oxygen atoms in total. The summed E-state index contributed by atoms with van der Waals surface area (Å²) in [6.45, 7) is 3.04. The molecule has 5 rings (SSSR count). The number of nitrogens with zero attached hydrogens (tertiary/aromatic N) is 7. The average Bonchev–Trinajstić information content (AvgIpc) is 3.61. The molecule has 58 heavy (non-hydrogen) atoms. The minimum atomic E-state index is -2.40. The van der Waals surface area contributed by atoms with E-state index in [0.29, 0.717) is 9.80 Å². The number of hydrogen-bond donors (Lipinski definition) is 4. The number of thioether (sulfide) groups is 1. The Hall–Kier alpha value is -5.83. The Morgan fingerprint density at radius 3 is 2.36 bits per heavy atom. The number of carbonyl (C=O) groups excluding carboxylic acids is 10. The molecule has 0 aliphatic carbocycles. The summed E-state index contributed by atoms with van der Waals surface area (Å²) in [6, 6.07) is 0.149. The molecular formula is C31H30N11NaO13S2. The normalized spacial score (nSPS) is 19.1. The number of ether oxygens (including phenoxy) is 2. The van der Waals surface area contributed by atoms with Crippen LogP contribution in [0, 0.1) is 0 Å². The first-order chi connectivity index (χ1) is 26.9. The first-order valence-electron chi connectivity index (χ1n) is 16.4. The van der Waals surface area contributed by atoms with Crippen molar-refractivity contribution >= 4 is 88.7 Å². The number of β-lactam (4-membered cyclic amide) rings is 1. The topological polar surface area (TPSA) is 328 Å². The number of piperazine rings is 1. The number of thiocarbonyl (C=S) groups is 1. The van der Waals surface area contributed by atoms with Gasteiger partial charge in [-0.2, -0.15) is 0 Å². The van der Waals surface area contributed by atoms with Crippen molar-refractivity contribution in [1.82, 2.24) is 50.9 Å². The maximum absolute atomic E-state index is 14.3. The number of tetrazole rings is 1. The largest absolute Gasteiger partial charge is 1.00 e. The SMILES string of the molecule is CCN1CCN(C(=O)NC(C(=O)N[C@]2(NC=O)C(=O)N3C(C(=O)[O-])=C(C(=S)c4nnnn4CC(N)=O)CS[C@H]32)c2ccc(OC(C)=O)c(OC(C)=O)c2)C(=O)C1=O.[Na+]. The zero-order valence-electron chi connectivity index (χ0n) is 30.8. The molecule has 0 bridgehead atoms. The van der Waals surface area contributed by atoms with Gasteiger partial charge >= 0.3 is 59.3 Å². The van der Waals surface area contributed by atoms with Gasteiger partial charge in [0.1, 0.15) is 18.0 Å². The van der Waals surface area contributed by atoms with Gasteiger partial charge in [-0.3, -0.25) is 48.2 Å². The van der Waals surface area contributed by atoms with E-state index in [2.05, 4.69) is 31.5 Å². The molecule has 0 radical (unpaired) electrons. The molecule has 8 amide bonds. The van der Waals surface area contributed by atoms with Crippen LogP contribution in [0.15, 0.2) is 29.5 Å². The van der Waals surface area contributed by atoms with Crippen molar-refractivity contribution in [2.75, 3.05) is 25.4 Å². The summed E-state index contributed by atoms with van der Waals surface area (Å²) >= 11 is 6.25. The van der Waals surface area contributed by atoms with Gasteiger partial charge in [0.15, 0.2) is 17.3 Å². The molecule has 3 atom stereocenters. The zero-order valence-corrected chi connectivity index (χ0v) is 34.5. The van der Waals surface area contributed by atoms with Gasteiger partial charge in [-0.1, -0.05) is 18.3 Å². The Labute approximate surface area is 357 Å². The number of fused-ring (bicyclic) bond motifs is 1. The number of primary amides is 1. The number of rotatable bonds is 14. The number of amides is 8. The first-order valence-corrected chi connectivity index (χ1v) is 17.9. The number of nitrogens with one attached hydrogen (secondary N) is 3. The first kappa shape index (κ1) is 44.9. The second-order valence-corrected chi connectivity index (χ2v) is 13.6. The number of carbonyl (C=O) groups is 10. The molecule has 1 aromatic carbocycles. The Bertz CT molecular complexity index is 2180.